The van der Waals surface area contributed by atoms with Crippen molar-refractivity contribution in [1.82, 2.24) is 15.2 Å². The molecule has 0 N–H and O–H groups in total. The van der Waals surface area contributed by atoms with E-state index < -0.39 is 0 Å². The average Bonchev–Trinajstić information content (AvgIpc) is 2.87. The largest absolute Gasteiger partial charge is 0.476 e. The number of benzene rings is 1. The molecule has 3 heterocycles. The normalized spacial score (nSPS) is 15.0. The van der Waals surface area contributed by atoms with Crippen LogP contribution < -0.4 is 9.64 Å². The van der Waals surface area contributed by atoms with E-state index in [0.29, 0.717) is 24.6 Å². The number of hydrogen-bond donors (Lipinski definition) is 0. The number of ether oxygens (including phenoxy) is 2. The molecule has 0 saturated carbocycles. The number of pyridine rings is 1. The molecule has 1 aliphatic rings. The number of aromatic nitrogens is 3. The van der Waals surface area contributed by atoms with E-state index in [9.17, 15) is 9.18 Å². The maximum atomic E-state index is 13.1. The van der Waals surface area contributed by atoms with Crippen LogP contribution in [-0.4, -0.2) is 47.0 Å². The van der Waals surface area contributed by atoms with Crippen LogP contribution >= 0.6 is 0 Å². The molecule has 3 aromatic rings. The minimum atomic E-state index is -0.267. The Kier molecular flexibility index (Phi) is 8.59. The number of halogens is 1. The van der Waals surface area contributed by atoms with Gasteiger partial charge in [-0.2, -0.15) is 0 Å². The number of carbonyl (C=O) groups is 1. The Hall–Kier alpha value is -3.55. The lowest BCUT2D eigenvalue weighted by molar-refractivity contribution is -0.146. The second-order valence-corrected chi connectivity index (χ2v) is 10.9. The SMILES string of the molecule is Cc1ncc(-c2ccc(OCCc3ccc(F)cc3)nn2)c(N2CCC(C)(C)CC2)c1CC(=O)OC(C)C. The first-order valence-corrected chi connectivity index (χ1v) is 13.3. The van der Waals surface area contributed by atoms with Crippen LogP contribution in [0.3, 0.4) is 0 Å². The Labute approximate surface area is 224 Å². The number of piperidine rings is 1. The van der Waals surface area contributed by atoms with Crippen LogP contribution in [-0.2, 0) is 22.4 Å². The zero-order valence-electron chi connectivity index (χ0n) is 23.0. The van der Waals surface area contributed by atoms with Crippen molar-refractivity contribution < 1.29 is 18.7 Å². The molecule has 1 aliphatic heterocycles. The van der Waals surface area contributed by atoms with E-state index in [4.69, 9.17) is 9.47 Å². The average molecular weight is 521 g/mol. The Bertz CT molecular complexity index is 1230. The first-order valence-electron chi connectivity index (χ1n) is 13.3. The topological polar surface area (TPSA) is 77.4 Å². The summed E-state index contributed by atoms with van der Waals surface area (Å²) in [4.78, 5) is 19.7. The first-order chi connectivity index (χ1) is 18.1. The summed E-state index contributed by atoms with van der Waals surface area (Å²) in [6, 6.07) is 10.0. The highest BCUT2D eigenvalue weighted by atomic mass is 19.1. The molecule has 0 unspecified atom stereocenters. The lowest BCUT2D eigenvalue weighted by Gasteiger charge is -2.40. The number of esters is 1. The molecule has 1 fully saturated rings. The Morgan fingerprint density at radius 3 is 2.42 bits per heavy atom. The van der Waals surface area contributed by atoms with Gasteiger partial charge in [-0.05, 0) is 62.8 Å². The standard InChI is InChI=1S/C30H37FN4O3/c1-20(2)38-28(36)18-24-21(3)32-19-25(29(24)35-15-13-30(4,5)14-16-35)26-10-11-27(34-33-26)37-17-12-22-6-8-23(31)9-7-22/h6-11,19-20H,12-18H2,1-5H3. The van der Waals surface area contributed by atoms with Crippen molar-refractivity contribution in [3.05, 3.63) is 65.2 Å². The van der Waals surface area contributed by atoms with Gasteiger partial charge in [-0.3, -0.25) is 9.78 Å². The van der Waals surface area contributed by atoms with Gasteiger partial charge in [-0.15, -0.1) is 10.2 Å². The number of carbonyl (C=O) groups excluding carboxylic acids is 1. The van der Waals surface area contributed by atoms with E-state index in [-0.39, 0.29) is 29.7 Å². The minimum absolute atomic E-state index is 0.151. The van der Waals surface area contributed by atoms with Crippen molar-refractivity contribution in [3.63, 3.8) is 0 Å². The molecule has 0 amide bonds. The first kappa shape index (κ1) is 27.5. The highest BCUT2D eigenvalue weighted by Gasteiger charge is 2.30. The summed E-state index contributed by atoms with van der Waals surface area (Å²) >= 11 is 0. The summed E-state index contributed by atoms with van der Waals surface area (Å²) in [6.45, 7) is 12.4. The third kappa shape index (κ3) is 7.05. The van der Waals surface area contributed by atoms with E-state index in [0.717, 1.165) is 54.0 Å². The molecule has 0 atom stereocenters. The highest BCUT2D eigenvalue weighted by Crippen LogP contribution is 2.39. The summed E-state index contributed by atoms with van der Waals surface area (Å²) in [5, 5.41) is 8.75. The van der Waals surface area contributed by atoms with Crippen molar-refractivity contribution in [2.45, 2.75) is 66.4 Å². The lowest BCUT2D eigenvalue weighted by Crippen LogP contribution is -2.38. The van der Waals surface area contributed by atoms with Crippen molar-refractivity contribution >= 4 is 11.7 Å². The van der Waals surface area contributed by atoms with Gasteiger partial charge in [0.15, 0.2) is 0 Å². The summed E-state index contributed by atoms with van der Waals surface area (Å²) in [5.41, 5.74) is 5.43. The van der Waals surface area contributed by atoms with Gasteiger partial charge in [0.25, 0.3) is 0 Å². The van der Waals surface area contributed by atoms with Gasteiger partial charge < -0.3 is 14.4 Å². The Morgan fingerprint density at radius 2 is 1.79 bits per heavy atom. The fourth-order valence-electron chi connectivity index (χ4n) is 4.64. The monoisotopic (exact) mass is 520 g/mol. The zero-order valence-corrected chi connectivity index (χ0v) is 23.0. The zero-order chi connectivity index (χ0) is 27.3. The number of aryl methyl sites for hydroxylation is 1. The second kappa shape index (κ2) is 11.9. The van der Waals surface area contributed by atoms with Crippen LogP contribution in [0.1, 0.15) is 57.4 Å². The smallest absolute Gasteiger partial charge is 0.310 e. The van der Waals surface area contributed by atoms with Gasteiger partial charge in [-0.25, -0.2) is 4.39 Å². The van der Waals surface area contributed by atoms with Crippen molar-refractivity contribution in [2.75, 3.05) is 24.6 Å². The molecule has 38 heavy (non-hydrogen) atoms. The molecule has 0 bridgehead atoms. The predicted octanol–water partition coefficient (Wildman–Crippen LogP) is 5.73. The fraction of sp³-hybridized carbons (Fsp3) is 0.467. The summed E-state index contributed by atoms with van der Waals surface area (Å²) in [6.07, 6.45) is 4.53. The molecular weight excluding hydrogens is 483 g/mol. The van der Waals surface area contributed by atoms with E-state index in [1.807, 2.05) is 33.0 Å². The Morgan fingerprint density at radius 1 is 1.08 bits per heavy atom. The molecule has 1 saturated heterocycles. The van der Waals surface area contributed by atoms with E-state index in [1.165, 1.54) is 12.1 Å². The highest BCUT2D eigenvalue weighted by molar-refractivity contribution is 5.84. The maximum Gasteiger partial charge on any atom is 0.310 e. The van der Waals surface area contributed by atoms with Crippen LogP contribution in [0.15, 0.2) is 42.6 Å². The molecule has 4 rings (SSSR count). The van der Waals surface area contributed by atoms with Crippen LogP contribution in [0.2, 0.25) is 0 Å². The lowest BCUT2D eigenvalue weighted by atomic mass is 9.82. The number of rotatable bonds is 9. The molecule has 0 spiro atoms. The van der Waals surface area contributed by atoms with Gasteiger partial charge in [0, 0.05) is 48.6 Å². The van der Waals surface area contributed by atoms with E-state index in [1.54, 1.807) is 18.2 Å². The minimum Gasteiger partial charge on any atom is -0.476 e. The molecule has 7 nitrogen and oxygen atoms in total. The van der Waals surface area contributed by atoms with Crippen LogP contribution in [0.5, 0.6) is 5.88 Å². The van der Waals surface area contributed by atoms with Gasteiger partial charge in [0.1, 0.15) is 5.82 Å². The van der Waals surface area contributed by atoms with Crippen LogP contribution in [0.4, 0.5) is 10.1 Å². The number of anilines is 1. The van der Waals surface area contributed by atoms with E-state index in [2.05, 4.69) is 33.9 Å². The molecule has 202 valence electrons. The number of nitrogens with zero attached hydrogens (tertiary/aromatic N) is 4. The van der Waals surface area contributed by atoms with Gasteiger partial charge in [0.2, 0.25) is 5.88 Å². The van der Waals surface area contributed by atoms with Gasteiger partial charge >= 0.3 is 5.97 Å². The Balaban J connectivity index is 1.58. The molecule has 1 aromatic carbocycles. The van der Waals surface area contributed by atoms with Gasteiger partial charge in [0.05, 0.1) is 30.5 Å². The molecule has 0 aliphatic carbocycles. The van der Waals surface area contributed by atoms with Crippen LogP contribution in [0, 0.1) is 18.2 Å². The predicted molar refractivity (Wildman–Crippen MR) is 146 cm³/mol. The second-order valence-electron chi connectivity index (χ2n) is 10.9. The van der Waals surface area contributed by atoms with Crippen molar-refractivity contribution in [3.8, 4) is 17.1 Å². The summed E-state index contributed by atoms with van der Waals surface area (Å²) in [5.74, 6) is -0.108. The third-order valence-electron chi connectivity index (χ3n) is 6.96. The third-order valence-corrected chi connectivity index (χ3v) is 6.96. The summed E-state index contributed by atoms with van der Waals surface area (Å²) < 4.78 is 24.4. The molecular formula is C30H37FN4O3. The molecule has 8 heteroatoms. The fourth-order valence-corrected chi connectivity index (χ4v) is 4.64. The van der Waals surface area contributed by atoms with Crippen LogP contribution in [0.25, 0.3) is 11.3 Å². The van der Waals surface area contributed by atoms with Crippen molar-refractivity contribution in [1.29, 1.82) is 0 Å². The molecule has 2 aromatic heterocycles. The number of hydrogen-bond acceptors (Lipinski definition) is 7. The summed E-state index contributed by atoms with van der Waals surface area (Å²) in [7, 11) is 0. The van der Waals surface area contributed by atoms with E-state index >= 15 is 0 Å². The quantitative estimate of drug-likeness (QED) is 0.334. The van der Waals surface area contributed by atoms with Crippen molar-refractivity contribution in [2.24, 2.45) is 5.41 Å². The van der Waals surface area contributed by atoms with Gasteiger partial charge in [-0.1, -0.05) is 26.0 Å². The molecule has 0 radical (unpaired) electrons. The maximum absolute atomic E-state index is 13.1.